The van der Waals surface area contributed by atoms with E-state index >= 15 is 0 Å². The largest absolute Gasteiger partial charge is 1.00 e. The Labute approximate surface area is 241 Å². The molecule has 2 rings (SSSR count). The fourth-order valence-electron chi connectivity index (χ4n) is 3.71. The van der Waals surface area contributed by atoms with Crippen LogP contribution in [0.5, 0.6) is 17.2 Å². The second-order valence-electron chi connectivity index (χ2n) is 12.1. The molecule has 0 aliphatic heterocycles. The SMILES string of the molecule is Cc1cc(C(C)(C)C)cc(C)c1C(=O)Pc1c(OCC(C)C)cc(OCC(C)C)cc1OCC(C)C.[H-].[Li+]. The van der Waals surface area contributed by atoms with Crippen molar-refractivity contribution < 1.29 is 39.3 Å². The van der Waals surface area contributed by atoms with Crippen molar-refractivity contribution in [3.05, 3.63) is 46.5 Å². The van der Waals surface area contributed by atoms with E-state index in [1.807, 2.05) is 26.0 Å². The molecule has 1 atom stereocenters. The third kappa shape index (κ3) is 10.3. The quantitative estimate of drug-likeness (QED) is 0.292. The molecular formula is C31H48LiO4P. The van der Waals surface area contributed by atoms with Crippen LogP contribution in [0.4, 0.5) is 0 Å². The van der Waals surface area contributed by atoms with Gasteiger partial charge in [0.1, 0.15) is 17.2 Å². The van der Waals surface area contributed by atoms with Gasteiger partial charge < -0.3 is 15.6 Å². The fourth-order valence-corrected chi connectivity index (χ4v) is 4.99. The number of carbonyl (C=O) groups is 1. The minimum absolute atomic E-state index is 0. The van der Waals surface area contributed by atoms with E-state index in [4.69, 9.17) is 14.2 Å². The smallest absolute Gasteiger partial charge is 1.00 e. The van der Waals surface area contributed by atoms with E-state index < -0.39 is 0 Å². The molecule has 2 aromatic rings. The molecule has 1 unspecified atom stereocenters. The maximum atomic E-state index is 13.8. The second kappa shape index (κ2) is 14.6. The van der Waals surface area contributed by atoms with Crippen molar-refractivity contribution in [1.82, 2.24) is 0 Å². The van der Waals surface area contributed by atoms with Crippen LogP contribution in [0.25, 0.3) is 0 Å². The van der Waals surface area contributed by atoms with E-state index in [-0.39, 0.29) is 39.8 Å². The van der Waals surface area contributed by atoms with Crippen LogP contribution >= 0.6 is 8.58 Å². The van der Waals surface area contributed by atoms with Crippen LogP contribution in [0.2, 0.25) is 0 Å². The first-order valence-corrected chi connectivity index (χ1v) is 14.2. The van der Waals surface area contributed by atoms with Gasteiger partial charge >= 0.3 is 18.9 Å². The number of hydrogen-bond acceptors (Lipinski definition) is 4. The summed E-state index contributed by atoms with van der Waals surface area (Å²) in [5, 5.41) is 0.817. The van der Waals surface area contributed by atoms with Gasteiger partial charge in [-0.2, -0.15) is 0 Å². The van der Waals surface area contributed by atoms with Gasteiger partial charge in [-0.25, -0.2) is 0 Å². The molecule has 202 valence electrons. The summed E-state index contributed by atoms with van der Waals surface area (Å²) in [5.74, 6) is 3.17. The number of benzene rings is 2. The number of rotatable bonds is 12. The van der Waals surface area contributed by atoms with E-state index in [2.05, 4.69) is 74.4 Å². The molecule has 0 radical (unpaired) electrons. The monoisotopic (exact) mass is 522 g/mol. The molecule has 4 nitrogen and oxygen atoms in total. The van der Waals surface area contributed by atoms with E-state index in [1.54, 1.807) is 0 Å². The Morgan fingerprint density at radius 1 is 0.784 bits per heavy atom. The first kappa shape index (κ1) is 33.6. The maximum Gasteiger partial charge on any atom is 1.00 e. The van der Waals surface area contributed by atoms with Crippen molar-refractivity contribution in [3.63, 3.8) is 0 Å². The van der Waals surface area contributed by atoms with Crippen LogP contribution < -0.4 is 38.4 Å². The number of aryl methyl sites for hydroxylation is 2. The maximum absolute atomic E-state index is 13.8. The summed E-state index contributed by atoms with van der Waals surface area (Å²) in [6, 6.07) is 8.15. The summed E-state index contributed by atoms with van der Waals surface area (Å²) in [7, 11) is -0.114. The van der Waals surface area contributed by atoms with Gasteiger partial charge in [0, 0.05) is 17.7 Å². The summed E-state index contributed by atoms with van der Waals surface area (Å²) in [5.41, 5.74) is 4.20. The van der Waals surface area contributed by atoms with Gasteiger partial charge in [0.05, 0.1) is 25.1 Å². The average Bonchev–Trinajstić information content (AvgIpc) is 2.74. The van der Waals surface area contributed by atoms with Crippen LogP contribution in [-0.4, -0.2) is 25.3 Å². The molecule has 0 spiro atoms. The first-order valence-electron chi connectivity index (χ1n) is 13.2. The number of carbonyl (C=O) groups excluding carboxylic acids is 1. The Morgan fingerprint density at radius 3 is 1.57 bits per heavy atom. The van der Waals surface area contributed by atoms with Gasteiger partial charge in [-0.3, -0.25) is 4.79 Å². The molecule has 0 aliphatic carbocycles. The minimum atomic E-state index is -0.114. The molecule has 0 aliphatic rings. The van der Waals surface area contributed by atoms with Crippen LogP contribution in [0.1, 0.15) is 90.8 Å². The van der Waals surface area contributed by atoms with Crippen molar-refractivity contribution in [1.29, 1.82) is 0 Å². The van der Waals surface area contributed by atoms with Crippen molar-refractivity contribution in [2.45, 2.75) is 81.6 Å². The molecule has 2 aromatic carbocycles. The Hall–Kier alpha value is -1.46. The van der Waals surface area contributed by atoms with Crippen LogP contribution in [0.15, 0.2) is 24.3 Å². The molecular weight excluding hydrogens is 474 g/mol. The first-order chi connectivity index (χ1) is 16.7. The molecule has 0 amide bonds. The summed E-state index contributed by atoms with van der Waals surface area (Å²) in [6.07, 6.45) is 0. The second-order valence-corrected chi connectivity index (χ2v) is 13.3. The van der Waals surface area contributed by atoms with E-state index in [0.717, 1.165) is 22.0 Å². The topological polar surface area (TPSA) is 44.8 Å². The fraction of sp³-hybridized carbons (Fsp3) is 0.581. The van der Waals surface area contributed by atoms with E-state index in [9.17, 15) is 4.79 Å². The molecule has 0 bridgehead atoms. The number of ether oxygens (including phenoxy) is 3. The molecule has 0 N–H and O–H groups in total. The van der Waals surface area contributed by atoms with Gasteiger partial charge in [-0.05, 0) is 62.3 Å². The van der Waals surface area contributed by atoms with Crippen LogP contribution in [0.3, 0.4) is 0 Å². The van der Waals surface area contributed by atoms with Crippen molar-refractivity contribution in [2.24, 2.45) is 17.8 Å². The zero-order chi connectivity index (χ0) is 27.2. The van der Waals surface area contributed by atoms with Crippen LogP contribution in [0, 0.1) is 31.6 Å². The summed E-state index contributed by atoms with van der Waals surface area (Å²) >= 11 is 0. The van der Waals surface area contributed by atoms with Crippen LogP contribution in [-0.2, 0) is 5.41 Å². The standard InChI is InChI=1S/C31H47O4P.Li.H/c1-19(2)16-33-25-14-26(34-17-20(3)4)29(27(15-25)35-18-21(5)6)36-30(32)28-22(7)12-24(13-23(28)8)31(9,10)11;;/h12-15,19-21,36H,16-18H2,1-11H3;;/q;+1;-1. The third-order valence-electron chi connectivity index (χ3n) is 5.63. The summed E-state index contributed by atoms with van der Waals surface area (Å²) < 4.78 is 18.5. The predicted octanol–water partition coefficient (Wildman–Crippen LogP) is 4.97. The third-order valence-corrected chi connectivity index (χ3v) is 6.85. The van der Waals surface area contributed by atoms with E-state index in [0.29, 0.717) is 54.8 Å². The van der Waals surface area contributed by atoms with Gasteiger partial charge in [-0.15, -0.1) is 0 Å². The van der Waals surface area contributed by atoms with Gasteiger partial charge in [0.15, 0.2) is 5.52 Å². The Bertz CT molecular complexity index is 989. The molecule has 37 heavy (non-hydrogen) atoms. The molecule has 6 heteroatoms. The molecule has 0 heterocycles. The minimum Gasteiger partial charge on any atom is -1.00 e. The average molecular weight is 523 g/mol. The number of hydrogen-bond donors (Lipinski definition) is 0. The molecule has 0 saturated carbocycles. The van der Waals surface area contributed by atoms with Crippen molar-refractivity contribution >= 4 is 19.4 Å². The zero-order valence-corrected chi connectivity index (χ0v) is 26.3. The van der Waals surface area contributed by atoms with Gasteiger partial charge in [0.25, 0.3) is 0 Å². The van der Waals surface area contributed by atoms with Crippen molar-refractivity contribution in [3.8, 4) is 17.2 Å². The summed E-state index contributed by atoms with van der Waals surface area (Å²) in [6.45, 7) is 25.1. The predicted molar refractivity (Wildman–Crippen MR) is 155 cm³/mol. The Kier molecular flexibility index (Phi) is 13.3. The Morgan fingerprint density at radius 2 is 1.19 bits per heavy atom. The summed E-state index contributed by atoms with van der Waals surface area (Å²) in [4.78, 5) is 13.8. The van der Waals surface area contributed by atoms with Crippen molar-refractivity contribution in [2.75, 3.05) is 19.8 Å². The van der Waals surface area contributed by atoms with Gasteiger partial charge in [0.2, 0.25) is 0 Å². The Balaban J connectivity index is 0.00000684. The van der Waals surface area contributed by atoms with E-state index in [1.165, 1.54) is 5.56 Å². The molecule has 0 fully saturated rings. The molecule has 0 aromatic heterocycles. The van der Waals surface area contributed by atoms with Gasteiger partial charge in [-0.1, -0.05) is 74.4 Å². The normalized spacial score (nSPS) is 11.9. The zero-order valence-electron chi connectivity index (χ0n) is 26.3. The molecule has 0 saturated heterocycles.